The molecule has 0 heterocycles. The molecule has 0 fully saturated rings. The quantitative estimate of drug-likeness (QED) is 0.630. The molecule has 0 aliphatic heterocycles. The molecule has 1 atom stereocenters. The second kappa shape index (κ2) is 7.88. The maximum atomic E-state index is 11.5. The third-order valence-electron chi connectivity index (χ3n) is 2.91. The zero-order valence-electron chi connectivity index (χ0n) is 12.0. The molecule has 0 aromatic heterocycles. The third-order valence-corrected chi connectivity index (χ3v) is 2.91. The van der Waals surface area contributed by atoms with Gasteiger partial charge >= 0.3 is 12.0 Å². The van der Waals surface area contributed by atoms with Gasteiger partial charge in [-0.3, -0.25) is 9.59 Å². The molecule has 0 spiro atoms. The largest absolute Gasteiger partial charge is 0.481 e. The van der Waals surface area contributed by atoms with Crippen LogP contribution >= 0.6 is 0 Å². The van der Waals surface area contributed by atoms with Gasteiger partial charge in [0.15, 0.2) is 0 Å². The lowest BCUT2D eigenvalue weighted by molar-refractivity contribution is -0.137. The van der Waals surface area contributed by atoms with Crippen LogP contribution in [0.15, 0.2) is 24.3 Å². The second-order valence-electron chi connectivity index (χ2n) is 4.60. The molecule has 0 radical (unpaired) electrons. The van der Waals surface area contributed by atoms with Crippen molar-refractivity contribution in [2.45, 2.75) is 19.3 Å². The molecule has 7 nitrogen and oxygen atoms in total. The molecule has 0 saturated heterocycles. The number of rotatable bonds is 6. The fourth-order valence-corrected chi connectivity index (χ4v) is 1.70. The van der Waals surface area contributed by atoms with E-state index < -0.39 is 12.0 Å². The molecule has 1 unspecified atom stereocenters. The summed E-state index contributed by atoms with van der Waals surface area (Å²) in [7, 11) is 1.49. The van der Waals surface area contributed by atoms with Crippen LogP contribution in [0.3, 0.4) is 0 Å². The van der Waals surface area contributed by atoms with E-state index >= 15 is 0 Å². The maximum Gasteiger partial charge on any atom is 0.319 e. The van der Waals surface area contributed by atoms with Crippen molar-refractivity contribution in [3.8, 4) is 0 Å². The van der Waals surface area contributed by atoms with Crippen LogP contribution in [0.1, 0.15) is 24.8 Å². The molecule has 0 aliphatic carbocycles. The molecular weight excluding hydrogens is 274 g/mol. The number of amides is 3. The number of carbonyl (C=O) groups is 3. The van der Waals surface area contributed by atoms with Gasteiger partial charge in [-0.05, 0) is 23.6 Å². The summed E-state index contributed by atoms with van der Waals surface area (Å²) in [6, 6.07) is 6.43. The Morgan fingerprint density at radius 3 is 2.33 bits per heavy atom. The predicted molar refractivity (Wildman–Crippen MR) is 78.2 cm³/mol. The van der Waals surface area contributed by atoms with E-state index in [9.17, 15) is 14.4 Å². The van der Waals surface area contributed by atoms with Gasteiger partial charge in [0.1, 0.15) is 0 Å². The lowest BCUT2D eigenvalue weighted by Crippen LogP contribution is -2.37. The van der Waals surface area contributed by atoms with Gasteiger partial charge in [-0.1, -0.05) is 19.1 Å². The first-order valence-corrected chi connectivity index (χ1v) is 6.49. The van der Waals surface area contributed by atoms with Crippen molar-refractivity contribution in [3.05, 3.63) is 29.8 Å². The van der Waals surface area contributed by atoms with Crippen LogP contribution < -0.4 is 16.0 Å². The van der Waals surface area contributed by atoms with Crippen LogP contribution in [0.5, 0.6) is 0 Å². The Labute approximate surface area is 122 Å². The molecule has 0 saturated carbocycles. The lowest BCUT2D eigenvalue weighted by Gasteiger charge is -2.11. The zero-order chi connectivity index (χ0) is 15.8. The van der Waals surface area contributed by atoms with E-state index in [0.717, 1.165) is 5.56 Å². The van der Waals surface area contributed by atoms with Crippen LogP contribution in [0.25, 0.3) is 0 Å². The summed E-state index contributed by atoms with van der Waals surface area (Å²) in [6.07, 6.45) is 0.0550. The van der Waals surface area contributed by atoms with Gasteiger partial charge in [0.05, 0.1) is 13.0 Å². The fraction of sp³-hybridized carbons (Fsp3) is 0.357. The van der Waals surface area contributed by atoms with E-state index in [1.165, 1.54) is 7.05 Å². The number of carboxylic acids is 1. The molecule has 3 amide bonds. The minimum Gasteiger partial charge on any atom is -0.481 e. The number of hydrogen-bond donors (Lipinski definition) is 4. The van der Waals surface area contributed by atoms with Crippen LogP contribution in [0.2, 0.25) is 0 Å². The van der Waals surface area contributed by atoms with Crippen molar-refractivity contribution < 1.29 is 19.5 Å². The number of carboxylic acid groups (broad SMARTS) is 1. The summed E-state index contributed by atoms with van der Waals surface area (Å²) < 4.78 is 0. The highest BCUT2D eigenvalue weighted by Gasteiger charge is 2.10. The molecule has 4 N–H and O–H groups in total. The molecule has 114 valence electrons. The van der Waals surface area contributed by atoms with E-state index in [0.29, 0.717) is 5.69 Å². The van der Waals surface area contributed by atoms with Gasteiger partial charge in [-0.25, -0.2) is 4.79 Å². The number of nitrogens with one attached hydrogen (secondary N) is 3. The normalized spacial score (nSPS) is 11.3. The predicted octanol–water partition coefficient (Wildman–Crippen LogP) is 1.13. The number of anilines is 1. The van der Waals surface area contributed by atoms with Crippen molar-refractivity contribution in [3.63, 3.8) is 0 Å². The minimum absolute atomic E-state index is 0.0550. The Kier molecular flexibility index (Phi) is 6.19. The summed E-state index contributed by atoms with van der Waals surface area (Å²) in [4.78, 5) is 33.1. The number of urea groups is 1. The van der Waals surface area contributed by atoms with Crippen molar-refractivity contribution in [1.29, 1.82) is 0 Å². The molecule has 1 aromatic carbocycles. The van der Waals surface area contributed by atoms with E-state index in [1.54, 1.807) is 24.3 Å². The molecule has 1 aromatic rings. The summed E-state index contributed by atoms with van der Waals surface area (Å²) in [5.41, 5.74) is 1.45. The molecule has 21 heavy (non-hydrogen) atoms. The van der Waals surface area contributed by atoms with E-state index in [-0.39, 0.29) is 24.8 Å². The third kappa shape index (κ3) is 5.94. The SMILES string of the molecule is CNC(=O)CNC(=O)Nc1ccc(C(C)CC(=O)O)cc1. The fourth-order valence-electron chi connectivity index (χ4n) is 1.70. The van der Waals surface area contributed by atoms with Crippen LogP contribution in [-0.2, 0) is 9.59 Å². The monoisotopic (exact) mass is 293 g/mol. The Balaban J connectivity index is 2.52. The average molecular weight is 293 g/mol. The van der Waals surface area contributed by atoms with Gasteiger partial charge in [0.2, 0.25) is 5.91 Å². The Morgan fingerprint density at radius 2 is 1.81 bits per heavy atom. The summed E-state index contributed by atoms with van der Waals surface area (Å²) in [5.74, 6) is -1.24. The lowest BCUT2D eigenvalue weighted by atomic mass is 9.98. The number of benzene rings is 1. The first kappa shape index (κ1) is 16.5. The smallest absolute Gasteiger partial charge is 0.319 e. The minimum atomic E-state index is -0.849. The summed E-state index contributed by atoms with van der Waals surface area (Å²) >= 11 is 0. The molecule has 7 heteroatoms. The van der Waals surface area contributed by atoms with Gasteiger partial charge < -0.3 is 21.1 Å². The highest BCUT2D eigenvalue weighted by Crippen LogP contribution is 2.20. The number of likely N-dealkylation sites (N-methyl/N-ethyl adjacent to an activating group) is 1. The molecule has 0 aliphatic rings. The first-order chi connectivity index (χ1) is 9.92. The maximum absolute atomic E-state index is 11.5. The van der Waals surface area contributed by atoms with Crippen molar-refractivity contribution in [2.24, 2.45) is 0 Å². The Morgan fingerprint density at radius 1 is 1.19 bits per heavy atom. The van der Waals surface area contributed by atoms with Crippen molar-refractivity contribution >= 4 is 23.6 Å². The van der Waals surface area contributed by atoms with Crippen LogP contribution in [0.4, 0.5) is 10.5 Å². The van der Waals surface area contributed by atoms with E-state index in [2.05, 4.69) is 16.0 Å². The van der Waals surface area contributed by atoms with Gasteiger partial charge in [-0.15, -0.1) is 0 Å². The second-order valence-corrected chi connectivity index (χ2v) is 4.60. The first-order valence-electron chi connectivity index (χ1n) is 6.49. The van der Waals surface area contributed by atoms with Crippen molar-refractivity contribution in [2.75, 3.05) is 18.9 Å². The topological polar surface area (TPSA) is 108 Å². The highest BCUT2D eigenvalue weighted by atomic mass is 16.4. The number of aliphatic carboxylic acids is 1. The van der Waals surface area contributed by atoms with E-state index in [4.69, 9.17) is 5.11 Å². The Bertz CT molecular complexity index is 513. The van der Waals surface area contributed by atoms with E-state index in [1.807, 2.05) is 6.92 Å². The summed E-state index contributed by atoms with van der Waals surface area (Å²) in [6.45, 7) is 1.72. The van der Waals surface area contributed by atoms with Gasteiger partial charge in [-0.2, -0.15) is 0 Å². The number of hydrogen-bond acceptors (Lipinski definition) is 3. The zero-order valence-corrected chi connectivity index (χ0v) is 12.0. The van der Waals surface area contributed by atoms with Crippen LogP contribution in [0, 0.1) is 0 Å². The standard InChI is InChI=1S/C14H19N3O4/c1-9(7-13(19)20)10-3-5-11(6-4-10)17-14(21)16-8-12(18)15-2/h3-6,9H,7-8H2,1-2H3,(H,15,18)(H,19,20)(H2,16,17,21). The molecular formula is C14H19N3O4. The molecule has 0 bridgehead atoms. The van der Waals surface area contributed by atoms with Gasteiger partial charge in [0.25, 0.3) is 0 Å². The average Bonchev–Trinajstić information content (AvgIpc) is 2.44. The summed E-state index contributed by atoms with van der Waals surface area (Å²) in [5, 5.41) is 16.1. The van der Waals surface area contributed by atoms with Crippen LogP contribution in [-0.4, -0.2) is 36.6 Å². The van der Waals surface area contributed by atoms with Gasteiger partial charge in [0, 0.05) is 12.7 Å². The van der Waals surface area contributed by atoms with Crippen molar-refractivity contribution in [1.82, 2.24) is 10.6 Å². The molecule has 1 rings (SSSR count). The highest BCUT2D eigenvalue weighted by molar-refractivity contribution is 5.92. The Hall–Kier alpha value is -2.57. The number of carbonyl (C=O) groups excluding carboxylic acids is 2.